The Morgan fingerprint density at radius 1 is 1.17 bits per heavy atom. The molecule has 0 aliphatic carbocycles. The van der Waals surface area contributed by atoms with Crippen molar-refractivity contribution in [3.8, 4) is 0 Å². The average Bonchev–Trinajstić information content (AvgIpc) is 2.70. The quantitative estimate of drug-likeness (QED) is 0.474. The van der Waals surface area contributed by atoms with Crippen molar-refractivity contribution in [2.45, 2.75) is 31.7 Å². The minimum atomic E-state index is -0.562. The summed E-state index contributed by atoms with van der Waals surface area (Å²) in [6, 6.07) is 12.6. The van der Waals surface area contributed by atoms with E-state index in [9.17, 15) is 9.59 Å². The van der Waals surface area contributed by atoms with Crippen molar-refractivity contribution >= 4 is 62.7 Å². The van der Waals surface area contributed by atoms with Crippen LogP contribution in [0.15, 0.2) is 46.9 Å². The van der Waals surface area contributed by atoms with Crippen LogP contribution in [-0.4, -0.2) is 35.6 Å². The molecule has 0 saturated heterocycles. The van der Waals surface area contributed by atoms with Crippen molar-refractivity contribution in [3.63, 3.8) is 0 Å². The monoisotopic (exact) mass is 516 g/mol. The minimum absolute atomic E-state index is 0.103. The van der Waals surface area contributed by atoms with Gasteiger partial charge in [0, 0.05) is 33.9 Å². The van der Waals surface area contributed by atoms with E-state index >= 15 is 0 Å². The summed E-state index contributed by atoms with van der Waals surface area (Å²) in [5, 5.41) is 3.65. The third kappa shape index (κ3) is 7.21. The SMILES string of the molecule is CC[C@@H](C(=O)NC)N(Cc1ccc(Cl)cc1Cl)C(=O)CSCc1ccc(Br)cc1. The molecule has 2 aromatic rings. The van der Waals surface area contributed by atoms with E-state index in [2.05, 4.69) is 21.2 Å². The Balaban J connectivity index is 2.13. The van der Waals surface area contributed by atoms with Crippen molar-refractivity contribution in [2.75, 3.05) is 12.8 Å². The van der Waals surface area contributed by atoms with Crippen molar-refractivity contribution in [2.24, 2.45) is 0 Å². The van der Waals surface area contributed by atoms with E-state index < -0.39 is 6.04 Å². The number of amides is 2. The van der Waals surface area contributed by atoms with Crippen molar-refractivity contribution < 1.29 is 9.59 Å². The summed E-state index contributed by atoms with van der Waals surface area (Å²) in [7, 11) is 1.57. The Kier molecular flexibility index (Phi) is 9.83. The molecule has 0 spiro atoms. The second kappa shape index (κ2) is 11.8. The molecule has 0 saturated carbocycles. The fourth-order valence-corrected chi connectivity index (χ4v) is 4.44. The first-order valence-electron chi connectivity index (χ1n) is 9.12. The molecule has 2 rings (SSSR count). The lowest BCUT2D eigenvalue weighted by Crippen LogP contribution is -2.48. The Hall–Kier alpha value is -1.21. The summed E-state index contributed by atoms with van der Waals surface area (Å²) in [4.78, 5) is 27.0. The number of rotatable bonds is 9. The number of hydrogen-bond acceptors (Lipinski definition) is 3. The van der Waals surface area contributed by atoms with Crippen LogP contribution in [-0.2, 0) is 21.9 Å². The van der Waals surface area contributed by atoms with Gasteiger partial charge in [-0.1, -0.05) is 64.3 Å². The van der Waals surface area contributed by atoms with E-state index in [-0.39, 0.29) is 24.1 Å². The van der Waals surface area contributed by atoms with Gasteiger partial charge in [0.15, 0.2) is 0 Å². The molecule has 2 amide bonds. The summed E-state index contributed by atoms with van der Waals surface area (Å²) >= 11 is 17.2. The third-order valence-electron chi connectivity index (χ3n) is 4.40. The third-order valence-corrected chi connectivity index (χ3v) is 6.50. The maximum Gasteiger partial charge on any atom is 0.242 e. The van der Waals surface area contributed by atoms with Gasteiger partial charge in [-0.15, -0.1) is 11.8 Å². The average molecular weight is 518 g/mol. The van der Waals surface area contributed by atoms with Crippen molar-refractivity contribution in [3.05, 3.63) is 68.1 Å². The zero-order chi connectivity index (χ0) is 21.4. The smallest absolute Gasteiger partial charge is 0.242 e. The van der Waals surface area contributed by atoms with Crippen LogP contribution in [0.5, 0.6) is 0 Å². The van der Waals surface area contributed by atoms with Crippen LogP contribution in [0.2, 0.25) is 10.0 Å². The molecular weight excluding hydrogens is 495 g/mol. The lowest BCUT2D eigenvalue weighted by Gasteiger charge is -2.30. The number of thioether (sulfide) groups is 1. The van der Waals surface area contributed by atoms with Crippen molar-refractivity contribution in [1.29, 1.82) is 0 Å². The summed E-state index contributed by atoms with van der Waals surface area (Å²) in [6.07, 6.45) is 0.508. The molecule has 0 fully saturated rings. The number of hydrogen-bond donors (Lipinski definition) is 1. The van der Waals surface area contributed by atoms with Crippen molar-refractivity contribution in [1.82, 2.24) is 10.2 Å². The highest BCUT2D eigenvalue weighted by atomic mass is 79.9. The Labute approximate surface area is 194 Å². The summed E-state index contributed by atoms with van der Waals surface area (Å²) in [6.45, 7) is 2.14. The zero-order valence-corrected chi connectivity index (χ0v) is 20.2. The molecule has 1 N–H and O–H groups in total. The summed E-state index contributed by atoms with van der Waals surface area (Å²) in [5.41, 5.74) is 1.89. The van der Waals surface area contributed by atoms with Gasteiger partial charge in [0.25, 0.3) is 0 Å². The Morgan fingerprint density at radius 2 is 1.86 bits per heavy atom. The number of benzene rings is 2. The Morgan fingerprint density at radius 3 is 2.45 bits per heavy atom. The van der Waals surface area contributed by atoms with Crippen LogP contribution in [0.3, 0.4) is 0 Å². The van der Waals surface area contributed by atoms with Crippen LogP contribution in [0, 0.1) is 0 Å². The second-order valence-corrected chi connectivity index (χ2v) is 9.16. The van der Waals surface area contributed by atoms with Gasteiger partial charge in [0.1, 0.15) is 6.04 Å². The molecule has 0 heterocycles. The van der Waals surface area contributed by atoms with Gasteiger partial charge < -0.3 is 10.2 Å². The van der Waals surface area contributed by atoms with Gasteiger partial charge in [0.05, 0.1) is 5.75 Å². The predicted octanol–water partition coefficient (Wildman–Crippen LogP) is 5.54. The first-order chi connectivity index (χ1) is 13.8. The molecule has 8 heteroatoms. The van der Waals surface area contributed by atoms with Crippen LogP contribution in [0.1, 0.15) is 24.5 Å². The fourth-order valence-electron chi connectivity index (χ4n) is 2.84. The number of carbonyl (C=O) groups excluding carboxylic acids is 2. The van der Waals surface area contributed by atoms with Gasteiger partial charge in [-0.25, -0.2) is 0 Å². The number of likely N-dealkylation sites (N-methyl/N-ethyl adjacent to an activating group) is 1. The van der Waals surface area contributed by atoms with Crippen LogP contribution < -0.4 is 5.32 Å². The van der Waals surface area contributed by atoms with Gasteiger partial charge in [-0.05, 0) is 41.8 Å². The van der Waals surface area contributed by atoms with Crippen LogP contribution in [0.25, 0.3) is 0 Å². The molecule has 2 aromatic carbocycles. The first kappa shape index (κ1) is 24.1. The maximum absolute atomic E-state index is 13.0. The molecule has 0 bridgehead atoms. The maximum atomic E-state index is 13.0. The summed E-state index contributed by atoms with van der Waals surface area (Å²) in [5.74, 6) is 0.692. The highest BCUT2D eigenvalue weighted by Gasteiger charge is 2.28. The number of nitrogens with zero attached hydrogens (tertiary/aromatic N) is 1. The molecule has 29 heavy (non-hydrogen) atoms. The lowest BCUT2D eigenvalue weighted by atomic mass is 10.1. The van der Waals surface area contributed by atoms with Gasteiger partial charge >= 0.3 is 0 Å². The van der Waals surface area contributed by atoms with Gasteiger partial charge in [0.2, 0.25) is 11.8 Å². The standard InChI is InChI=1S/C21H23BrCl2N2O2S/c1-3-19(21(28)25-2)26(11-15-6-9-17(23)10-18(15)24)20(27)13-29-12-14-4-7-16(22)8-5-14/h4-10,19H,3,11-13H2,1-2H3,(H,25,28)/t19-/m0/s1. The number of carbonyl (C=O) groups is 2. The highest BCUT2D eigenvalue weighted by Crippen LogP contribution is 2.24. The second-order valence-electron chi connectivity index (χ2n) is 6.41. The van der Waals surface area contributed by atoms with Crippen LogP contribution in [0.4, 0.5) is 0 Å². The fraction of sp³-hybridized carbons (Fsp3) is 0.333. The molecular formula is C21H23BrCl2N2O2S. The van der Waals surface area contributed by atoms with E-state index in [1.54, 1.807) is 30.1 Å². The number of nitrogens with one attached hydrogen (secondary N) is 1. The van der Waals surface area contributed by atoms with E-state index in [0.29, 0.717) is 22.2 Å². The summed E-state index contributed by atoms with van der Waals surface area (Å²) < 4.78 is 1.02. The molecule has 0 aliphatic heterocycles. The van der Waals surface area contributed by atoms with Gasteiger partial charge in [-0.3, -0.25) is 9.59 Å². The molecule has 0 radical (unpaired) electrons. The minimum Gasteiger partial charge on any atom is -0.357 e. The first-order valence-corrected chi connectivity index (χ1v) is 11.8. The number of halogens is 3. The molecule has 0 unspecified atom stereocenters. The van der Waals surface area contributed by atoms with E-state index in [1.807, 2.05) is 31.2 Å². The van der Waals surface area contributed by atoms with Gasteiger partial charge in [-0.2, -0.15) is 0 Å². The van der Waals surface area contributed by atoms with E-state index in [4.69, 9.17) is 23.2 Å². The topological polar surface area (TPSA) is 49.4 Å². The molecule has 156 valence electrons. The van der Waals surface area contributed by atoms with Crippen LogP contribution >= 0.6 is 50.9 Å². The lowest BCUT2D eigenvalue weighted by molar-refractivity contribution is -0.139. The van der Waals surface area contributed by atoms with E-state index in [0.717, 1.165) is 15.6 Å². The predicted molar refractivity (Wildman–Crippen MR) is 125 cm³/mol. The Bertz CT molecular complexity index is 849. The van der Waals surface area contributed by atoms with E-state index in [1.165, 1.54) is 11.8 Å². The normalized spacial score (nSPS) is 11.8. The largest absolute Gasteiger partial charge is 0.357 e. The molecule has 0 aliphatic rings. The molecule has 0 aromatic heterocycles. The molecule has 4 nitrogen and oxygen atoms in total. The highest BCUT2D eigenvalue weighted by molar-refractivity contribution is 9.10. The zero-order valence-electron chi connectivity index (χ0n) is 16.3. The molecule has 1 atom stereocenters.